The number of hydrogen-bond donors (Lipinski definition) is 1. The van der Waals surface area contributed by atoms with Crippen LogP contribution in [0.1, 0.15) is 43.9 Å². The second-order valence-corrected chi connectivity index (χ2v) is 5.89. The molecule has 0 amide bonds. The van der Waals surface area contributed by atoms with Gasteiger partial charge in [0.2, 0.25) is 0 Å². The molecule has 0 saturated carbocycles. The Morgan fingerprint density at radius 3 is 2.14 bits per heavy atom. The fourth-order valence-electron chi connectivity index (χ4n) is 2.67. The molecule has 0 radical (unpaired) electrons. The van der Waals surface area contributed by atoms with Crippen LogP contribution in [0.25, 0.3) is 0 Å². The van der Waals surface area contributed by atoms with Gasteiger partial charge in [-0.15, -0.1) is 0 Å². The lowest BCUT2D eigenvalue weighted by atomic mass is 9.93. The molecular formula is C16H22F3NO. The summed E-state index contributed by atoms with van der Waals surface area (Å²) in [5, 5.41) is 3.57. The zero-order valence-electron chi connectivity index (χ0n) is 12.4. The van der Waals surface area contributed by atoms with Crippen molar-refractivity contribution in [1.82, 2.24) is 5.32 Å². The maximum absolute atomic E-state index is 12.6. The monoisotopic (exact) mass is 301 g/mol. The Labute approximate surface area is 123 Å². The smallest absolute Gasteiger partial charge is 0.381 e. The molecule has 0 bridgehead atoms. The van der Waals surface area contributed by atoms with Gasteiger partial charge in [0.05, 0.1) is 5.56 Å². The van der Waals surface area contributed by atoms with Crippen LogP contribution in [0.15, 0.2) is 24.3 Å². The Morgan fingerprint density at radius 2 is 1.67 bits per heavy atom. The minimum atomic E-state index is -4.28. The third kappa shape index (κ3) is 4.45. The molecule has 0 spiro atoms. The summed E-state index contributed by atoms with van der Waals surface area (Å²) in [6.07, 6.45) is -2.38. The fraction of sp³-hybridized carbons (Fsp3) is 0.625. The van der Waals surface area contributed by atoms with Crippen molar-refractivity contribution >= 4 is 0 Å². The minimum Gasteiger partial charge on any atom is -0.381 e. The molecular weight excluding hydrogens is 279 g/mol. The number of hydrogen-bond acceptors (Lipinski definition) is 2. The molecule has 2 nitrogen and oxygen atoms in total. The van der Waals surface area contributed by atoms with Gasteiger partial charge in [-0.3, -0.25) is 0 Å². The summed E-state index contributed by atoms with van der Waals surface area (Å²) >= 11 is 0. The van der Waals surface area contributed by atoms with Crippen molar-refractivity contribution in [3.8, 4) is 0 Å². The predicted molar refractivity (Wildman–Crippen MR) is 76.0 cm³/mol. The van der Waals surface area contributed by atoms with Gasteiger partial charge in [-0.2, -0.15) is 13.2 Å². The van der Waals surface area contributed by atoms with Crippen molar-refractivity contribution in [2.75, 3.05) is 13.2 Å². The molecule has 1 saturated heterocycles. The lowest BCUT2D eigenvalue weighted by Crippen LogP contribution is -2.39. The van der Waals surface area contributed by atoms with Crippen LogP contribution in [0.5, 0.6) is 0 Å². The first-order valence-electron chi connectivity index (χ1n) is 7.39. The molecule has 5 heteroatoms. The SMILES string of the molecule is CC(C)[C@H](NC1CCOCC1)c1ccc(C(F)(F)F)cc1. The van der Waals surface area contributed by atoms with Gasteiger partial charge < -0.3 is 10.1 Å². The van der Waals surface area contributed by atoms with E-state index in [1.807, 2.05) is 0 Å². The van der Waals surface area contributed by atoms with Gasteiger partial charge in [-0.1, -0.05) is 26.0 Å². The third-order valence-corrected chi connectivity index (χ3v) is 3.90. The van der Waals surface area contributed by atoms with Gasteiger partial charge in [-0.25, -0.2) is 0 Å². The van der Waals surface area contributed by atoms with Gasteiger partial charge in [0.1, 0.15) is 0 Å². The highest BCUT2D eigenvalue weighted by Gasteiger charge is 2.30. The summed E-state index contributed by atoms with van der Waals surface area (Å²) in [6.45, 7) is 5.65. The first-order chi connectivity index (χ1) is 9.88. The van der Waals surface area contributed by atoms with Crippen LogP contribution in [0.3, 0.4) is 0 Å². The molecule has 0 aliphatic carbocycles. The molecule has 1 fully saturated rings. The molecule has 0 aromatic heterocycles. The molecule has 21 heavy (non-hydrogen) atoms. The normalized spacial score (nSPS) is 19.0. The average Bonchev–Trinajstić information content (AvgIpc) is 2.45. The van der Waals surface area contributed by atoms with E-state index in [1.54, 1.807) is 12.1 Å². The molecule has 0 unspecified atom stereocenters. The van der Waals surface area contributed by atoms with Gasteiger partial charge in [0.15, 0.2) is 0 Å². The van der Waals surface area contributed by atoms with Gasteiger partial charge in [0.25, 0.3) is 0 Å². The second kappa shape index (κ2) is 6.79. The van der Waals surface area contributed by atoms with E-state index in [2.05, 4.69) is 19.2 Å². The minimum absolute atomic E-state index is 0.0652. The third-order valence-electron chi connectivity index (χ3n) is 3.90. The summed E-state index contributed by atoms with van der Waals surface area (Å²) in [4.78, 5) is 0. The maximum atomic E-state index is 12.6. The number of rotatable bonds is 4. The Bertz CT molecular complexity index is 436. The lowest BCUT2D eigenvalue weighted by molar-refractivity contribution is -0.137. The van der Waals surface area contributed by atoms with Crippen LogP contribution in [-0.2, 0) is 10.9 Å². The van der Waals surface area contributed by atoms with Crippen molar-refractivity contribution in [1.29, 1.82) is 0 Å². The Morgan fingerprint density at radius 1 is 1.10 bits per heavy atom. The lowest BCUT2D eigenvalue weighted by Gasteiger charge is -2.31. The van der Waals surface area contributed by atoms with Gasteiger partial charge >= 0.3 is 6.18 Å². The summed E-state index contributed by atoms with van der Waals surface area (Å²) in [5.74, 6) is 0.310. The van der Waals surface area contributed by atoms with Crippen molar-refractivity contribution in [2.24, 2.45) is 5.92 Å². The molecule has 1 atom stereocenters. The first kappa shape index (κ1) is 16.3. The zero-order valence-corrected chi connectivity index (χ0v) is 12.4. The standard InChI is InChI=1S/C16H22F3NO/c1-11(2)15(20-14-7-9-21-10-8-14)12-3-5-13(6-4-12)16(17,18)19/h3-6,11,14-15,20H,7-10H2,1-2H3/t15-/m0/s1. The molecule has 1 N–H and O–H groups in total. The van der Waals surface area contributed by atoms with E-state index in [9.17, 15) is 13.2 Å². The van der Waals surface area contributed by atoms with Gasteiger partial charge in [-0.05, 0) is 36.5 Å². The maximum Gasteiger partial charge on any atom is 0.416 e. The molecule has 118 valence electrons. The van der Waals surface area contributed by atoms with E-state index in [0.29, 0.717) is 12.0 Å². The molecule has 2 rings (SSSR count). The van der Waals surface area contributed by atoms with Crippen LogP contribution in [0.2, 0.25) is 0 Å². The molecule has 1 aromatic rings. The van der Waals surface area contributed by atoms with E-state index in [1.165, 1.54) is 0 Å². The highest BCUT2D eigenvalue weighted by Crippen LogP contribution is 2.31. The predicted octanol–water partition coefficient (Wildman–Crippen LogP) is 4.17. The van der Waals surface area contributed by atoms with E-state index < -0.39 is 11.7 Å². The average molecular weight is 301 g/mol. The number of alkyl halides is 3. The van der Waals surface area contributed by atoms with Crippen LogP contribution >= 0.6 is 0 Å². The van der Waals surface area contributed by atoms with Gasteiger partial charge in [0, 0.05) is 25.3 Å². The summed E-state index contributed by atoms with van der Waals surface area (Å²) in [6, 6.07) is 5.93. The van der Waals surface area contributed by atoms with Crippen LogP contribution in [0.4, 0.5) is 13.2 Å². The van der Waals surface area contributed by atoms with E-state index in [0.717, 1.165) is 43.8 Å². The summed E-state index contributed by atoms with van der Waals surface area (Å²) < 4.78 is 43.2. The Hall–Kier alpha value is -1.07. The summed E-state index contributed by atoms with van der Waals surface area (Å²) in [7, 11) is 0. The largest absolute Gasteiger partial charge is 0.416 e. The van der Waals surface area contributed by atoms with E-state index in [4.69, 9.17) is 4.74 Å². The molecule has 1 aliphatic rings. The van der Waals surface area contributed by atoms with Crippen LogP contribution in [-0.4, -0.2) is 19.3 Å². The fourth-order valence-corrected chi connectivity index (χ4v) is 2.67. The van der Waals surface area contributed by atoms with Crippen molar-refractivity contribution in [2.45, 2.75) is 44.9 Å². The second-order valence-electron chi connectivity index (χ2n) is 5.89. The molecule has 1 aromatic carbocycles. The highest BCUT2D eigenvalue weighted by atomic mass is 19.4. The van der Waals surface area contributed by atoms with Crippen LogP contribution in [0, 0.1) is 5.92 Å². The highest BCUT2D eigenvalue weighted by molar-refractivity contribution is 5.27. The number of ether oxygens (including phenoxy) is 1. The topological polar surface area (TPSA) is 21.3 Å². The van der Waals surface area contributed by atoms with Crippen LogP contribution < -0.4 is 5.32 Å². The van der Waals surface area contributed by atoms with Crippen molar-refractivity contribution in [3.05, 3.63) is 35.4 Å². The zero-order chi connectivity index (χ0) is 15.5. The van der Waals surface area contributed by atoms with E-state index in [-0.39, 0.29) is 6.04 Å². The van der Waals surface area contributed by atoms with Crippen molar-refractivity contribution in [3.63, 3.8) is 0 Å². The Balaban J connectivity index is 2.10. The quantitative estimate of drug-likeness (QED) is 0.901. The number of halogens is 3. The Kier molecular flexibility index (Phi) is 5.27. The van der Waals surface area contributed by atoms with Crippen molar-refractivity contribution < 1.29 is 17.9 Å². The number of benzene rings is 1. The number of nitrogens with one attached hydrogen (secondary N) is 1. The first-order valence-corrected chi connectivity index (χ1v) is 7.39. The molecule has 1 heterocycles. The van der Waals surface area contributed by atoms with E-state index >= 15 is 0 Å². The summed E-state index contributed by atoms with van der Waals surface area (Å²) in [5.41, 5.74) is 0.310. The molecule has 1 aliphatic heterocycles.